The summed E-state index contributed by atoms with van der Waals surface area (Å²) in [6.45, 7) is 4.10. The van der Waals surface area contributed by atoms with E-state index in [0.29, 0.717) is 13.0 Å². The monoisotopic (exact) mass is 291 g/mol. The number of carbonyl (C=O) groups excluding carboxylic acids is 2. The zero-order valence-corrected chi connectivity index (χ0v) is 13.1. The minimum atomic E-state index is -0.0953. The molecule has 5 heteroatoms. The van der Waals surface area contributed by atoms with Gasteiger partial charge in [-0.1, -0.05) is 25.5 Å². The molecule has 0 fully saturated rings. The van der Waals surface area contributed by atoms with E-state index >= 15 is 0 Å². The molecule has 1 aromatic carbocycles. The topological polar surface area (TPSA) is 75.4 Å². The molecule has 2 amide bonds. The van der Waals surface area contributed by atoms with E-state index in [-0.39, 0.29) is 17.9 Å². The number of nitrogens with one attached hydrogen (secondary N) is 1. The molecule has 3 N–H and O–H groups in total. The van der Waals surface area contributed by atoms with Gasteiger partial charge in [0, 0.05) is 38.7 Å². The molecule has 0 heterocycles. The molecule has 116 valence electrons. The van der Waals surface area contributed by atoms with E-state index in [1.807, 2.05) is 31.2 Å². The van der Waals surface area contributed by atoms with Gasteiger partial charge in [0.15, 0.2) is 0 Å². The molecular weight excluding hydrogens is 266 g/mol. The van der Waals surface area contributed by atoms with Gasteiger partial charge >= 0.3 is 0 Å². The van der Waals surface area contributed by atoms with Crippen molar-refractivity contribution in [1.29, 1.82) is 0 Å². The van der Waals surface area contributed by atoms with Crippen molar-refractivity contribution >= 4 is 17.5 Å². The van der Waals surface area contributed by atoms with Gasteiger partial charge in [-0.05, 0) is 24.1 Å². The molecule has 0 radical (unpaired) electrons. The first kappa shape index (κ1) is 17.2. The Labute approximate surface area is 126 Å². The van der Waals surface area contributed by atoms with Gasteiger partial charge in [0.05, 0.1) is 0 Å². The predicted octanol–water partition coefficient (Wildman–Crippen LogP) is 2.12. The van der Waals surface area contributed by atoms with E-state index in [2.05, 4.69) is 5.32 Å². The quantitative estimate of drug-likeness (QED) is 0.808. The fraction of sp³-hybridized carbons (Fsp3) is 0.500. The number of nitrogens with two attached hydrogens (primary N) is 1. The normalized spacial score (nSPS) is 11.8. The van der Waals surface area contributed by atoms with Crippen LogP contribution < -0.4 is 11.1 Å². The lowest BCUT2D eigenvalue weighted by atomic mass is 10.1. The van der Waals surface area contributed by atoms with Crippen molar-refractivity contribution in [3.05, 3.63) is 29.8 Å². The standard InChI is InChI=1S/C16H25N3O2/c1-4-6-14(17)10-16(21)18-15-8-5-7-13(9-15)11-19(3)12(2)20/h5,7-9,14H,4,6,10-11,17H2,1-3H3,(H,18,21). The fourth-order valence-electron chi connectivity index (χ4n) is 2.06. The van der Waals surface area contributed by atoms with Crippen LogP contribution in [0.1, 0.15) is 38.7 Å². The van der Waals surface area contributed by atoms with Crippen molar-refractivity contribution in [2.24, 2.45) is 5.73 Å². The third-order valence-corrected chi connectivity index (χ3v) is 3.28. The summed E-state index contributed by atoms with van der Waals surface area (Å²) in [5, 5.41) is 2.85. The fourth-order valence-corrected chi connectivity index (χ4v) is 2.06. The van der Waals surface area contributed by atoms with Crippen LogP contribution in [0.4, 0.5) is 5.69 Å². The molecule has 0 aromatic heterocycles. The third-order valence-electron chi connectivity index (χ3n) is 3.28. The summed E-state index contributed by atoms with van der Waals surface area (Å²) in [5.41, 5.74) is 7.57. The molecule has 1 aromatic rings. The lowest BCUT2D eigenvalue weighted by Crippen LogP contribution is -2.27. The summed E-state index contributed by atoms with van der Waals surface area (Å²) in [5.74, 6) is -0.0667. The molecule has 0 aliphatic heterocycles. The second-order valence-corrected chi connectivity index (χ2v) is 5.38. The molecule has 0 saturated heterocycles. The largest absolute Gasteiger partial charge is 0.342 e. The van der Waals surface area contributed by atoms with Crippen molar-refractivity contribution < 1.29 is 9.59 Å². The highest BCUT2D eigenvalue weighted by molar-refractivity contribution is 5.91. The van der Waals surface area contributed by atoms with Crippen LogP contribution in [-0.2, 0) is 16.1 Å². The highest BCUT2D eigenvalue weighted by atomic mass is 16.2. The van der Waals surface area contributed by atoms with E-state index < -0.39 is 0 Å². The number of amides is 2. The SMILES string of the molecule is CCCC(N)CC(=O)Nc1cccc(CN(C)C(C)=O)c1. The summed E-state index contributed by atoms with van der Waals surface area (Å²) >= 11 is 0. The van der Waals surface area contributed by atoms with Crippen LogP contribution in [0.25, 0.3) is 0 Å². The molecule has 0 bridgehead atoms. The average molecular weight is 291 g/mol. The number of nitrogens with zero attached hydrogens (tertiary/aromatic N) is 1. The van der Waals surface area contributed by atoms with Crippen molar-refractivity contribution in [2.75, 3.05) is 12.4 Å². The average Bonchev–Trinajstić information content (AvgIpc) is 2.38. The van der Waals surface area contributed by atoms with Gasteiger partial charge in [-0.15, -0.1) is 0 Å². The van der Waals surface area contributed by atoms with Crippen LogP contribution in [0.5, 0.6) is 0 Å². The first-order valence-electron chi connectivity index (χ1n) is 7.28. The Kier molecular flexibility index (Phi) is 6.88. The molecule has 0 saturated carbocycles. The van der Waals surface area contributed by atoms with Crippen LogP contribution >= 0.6 is 0 Å². The Hall–Kier alpha value is -1.88. The number of carbonyl (C=O) groups is 2. The second kappa shape index (κ2) is 8.42. The first-order chi connectivity index (χ1) is 9.92. The number of rotatable bonds is 7. The van der Waals surface area contributed by atoms with Gasteiger partial charge in [-0.3, -0.25) is 9.59 Å². The van der Waals surface area contributed by atoms with Gasteiger partial charge < -0.3 is 16.0 Å². The Balaban J connectivity index is 2.60. The Morgan fingerprint density at radius 2 is 2.10 bits per heavy atom. The van der Waals surface area contributed by atoms with Crippen LogP contribution in [-0.4, -0.2) is 29.8 Å². The van der Waals surface area contributed by atoms with E-state index in [1.165, 1.54) is 6.92 Å². The lowest BCUT2D eigenvalue weighted by Gasteiger charge is -2.16. The number of hydrogen-bond acceptors (Lipinski definition) is 3. The van der Waals surface area contributed by atoms with Gasteiger partial charge in [0.2, 0.25) is 11.8 Å². The van der Waals surface area contributed by atoms with Crippen molar-refractivity contribution in [1.82, 2.24) is 4.90 Å². The minimum absolute atomic E-state index is 0.00924. The third kappa shape index (κ3) is 6.40. The Morgan fingerprint density at radius 1 is 1.38 bits per heavy atom. The maximum absolute atomic E-state index is 11.9. The van der Waals surface area contributed by atoms with Crippen LogP contribution in [0.3, 0.4) is 0 Å². The molecule has 1 atom stereocenters. The maximum Gasteiger partial charge on any atom is 0.225 e. The second-order valence-electron chi connectivity index (χ2n) is 5.38. The summed E-state index contributed by atoms with van der Waals surface area (Å²) < 4.78 is 0. The minimum Gasteiger partial charge on any atom is -0.342 e. The smallest absolute Gasteiger partial charge is 0.225 e. The van der Waals surface area contributed by atoms with Crippen molar-refractivity contribution in [3.63, 3.8) is 0 Å². The highest BCUT2D eigenvalue weighted by Gasteiger charge is 2.09. The highest BCUT2D eigenvalue weighted by Crippen LogP contribution is 2.13. The molecule has 0 spiro atoms. The van der Waals surface area contributed by atoms with E-state index in [0.717, 1.165) is 24.1 Å². The summed E-state index contributed by atoms with van der Waals surface area (Å²) in [6, 6.07) is 7.41. The van der Waals surface area contributed by atoms with Crippen molar-refractivity contribution in [3.8, 4) is 0 Å². The first-order valence-corrected chi connectivity index (χ1v) is 7.28. The number of anilines is 1. The number of benzene rings is 1. The summed E-state index contributed by atoms with van der Waals surface area (Å²) in [6.07, 6.45) is 2.14. The Morgan fingerprint density at radius 3 is 2.71 bits per heavy atom. The van der Waals surface area contributed by atoms with Gasteiger partial charge in [-0.2, -0.15) is 0 Å². The predicted molar refractivity (Wildman–Crippen MR) is 84.7 cm³/mol. The number of hydrogen-bond donors (Lipinski definition) is 2. The maximum atomic E-state index is 11.9. The molecule has 1 unspecified atom stereocenters. The molecule has 1 rings (SSSR count). The van der Waals surface area contributed by atoms with Crippen LogP contribution in [0.15, 0.2) is 24.3 Å². The zero-order chi connectivity index (χ0) is 15.8. The van der Waals surface area contributed by atoms with Crippen LogP contribution in [0.2, 0.25) is 0 Å². The van der Waals surface area contributed by atoms with Gasteiger partial charge in [0.25, 0.3) is 0 Å². The lowest BCUT2D eigenvalue weighted by molar-refractivity contribution is -0.128. The molecule has 0 aliphatic carbocycles. The van der Waals surface area contributed by atoms with Gasteiger partial charge in [-0.25, -0.2) is 0 Å². The molecular formula is C16H25N3O2. The van der Waals surface area contributed by atoms with Gasteiger partial charge in [0.1, 0.15) is 0 Å². The zero-order valence-electron chi connectivity index (χ0n) is 13.1. The van der Waals surface area contributed by atoms with E-state index in [4.69, 9.17) is 5.73 Å². The van der Waals surface area contributed by atoms with Crippen molar-refractivity contribution in [2.45, 2.75) is 45.7 Å². The molecule has 5 nitrogen and oxygen atoms in total. The van der Waals surface area contributed by atoms with Crippen LogP contribution in [0, 0.1) is 0 Å². The summed E-state index contributed by atoms with van der Waals surface area (Å²) in [7, 11) is 1.75. The van der Waals surface area contributed by atoms with E-state index in [1.54, 1.807) is 11.9 Å². The van der Waals surface area contributed by atoms with E-state index in [9.17, 15) is 9.59 Å². The Bertz CT molecular complexity index is 488. The molecule has 0 aliphatic rings. The molecule has 21 heavy (non-hydrogen) atoms. The summed E-state index contributed by atoms with van der Waals surface area (Å²) in [4.78, 5) is 24.7.